The molecule has 0 aliphatic heterocycles. The van der Waals surface area contributed by atoms with E-state index in [9.17, 15) is 9.59 Å². The van der Waals surface area contributed by atoms with Crippen LogP contribution >= 0.6 is 34.5 Å². The average Bonchev–Trinajstić information content (AvgIpc) is 3.30. The molecule has 2 unspecified atom stereocenters. The number of methoxy groups -OCH3 is 1. The highest BCUT2D eigenvalue weighted by molar-refractivity contribution is 7.14. The number of carboxylic acid groups (broad SMARTS) is 1. The van der Waals surface area contributed by atoms with Gasteiger partial charge in [-0.3, -0.25) is 10.1 Å². The van der Waals surface area contributed by atoms with Gasteiger partial charge in [0, 0.05) is 34.8 Å². The molecule has 0 radical (unpaired) electrons. The molecule has 202 valence electrons. The zero-order valence-corrected chi connectivity index (χ0v) is 24.0. The molecule has 3 aromatic rings. The first-order valence-electron chi connectivity index (χ1n) is 11.9. The third kappa shape index (κ3) is 6.99. The number of amides is 1. The van der Waals surface area contributed by atoms with E-state index in [1.165, 1.54) is 25.1 Å². The molecule has 1 amide bonds. The number of rotatable bonds is 10. The summed E-state index contributed by atoms with van der Waals surface area (Å²) in [6.07, 6.45) is 1.86. The second-order valence-electron chi connectivity index (χ2n) is 9.38. The van der Waals surface area contributed by atoms with Gasteiger partial charge in [0.1, 0.15) is 5.82 Å². The van der Waals surface area contributed by atoms with E-state index in [2.05, 4.69) is 24.1 Å². The van der Waals surface area contributed by atoms with Gasteiger partial charge in [0.05, 0.1) is 21.8 Å². The maximum Gasteiger partial charge on any atom is 0.331 e. The van der Waals surface area contributed by atoms with Crippen LogP contribution in [0.25, 0.3) is 17.3 Å². The normalized spacial score (nSPS) is 13.4. The van der Waals surface area contributed by atoms with E-state index in [-0.39, 0.29) is 44.2 Å². The molecule has 0 fully saturated rings. The zero-order valence-electron chi connectivity index (χ0n) is 21.6. The molecular weight excluding hydrogens is 550 g/mol. The minimum absolute atomic E-state index is 0.00688. The molecule has 3 rings (SSSR count). The van der Waals surface area contributed by atoms with E-state index >= 15 is 4.39 Å². The van der Waals surface area contributed by atoms with Crippen LogP contribution in [0.4, 0.5) is 9.52 Å². The number of carbonyl (C=O) groups excluding carboxylic acids is 1. The Morgan fingerprint density at radius 3 is 2.45 bits per heavy atom. The third-order valence-corrected chi connectivity index (χ3v) is 7.53. The van der Waals surface area contributed by atoms with Crippen molar-refractivity contribution >= 4 is 57.6 Å². The Morgan fingerprint density at radius 2 is 1.87 bits per heavy atom. The van der Waals surface area contributed by atoms with Gasteiger partial charge in [0.2, 0.25) is 0 Å². The fourth-order valence-electron chi connectivity index (χ4n) is 4.32. The van der Waals surface area contributed by atoms with Crippen LogP contribution in [0.15, 0.2) is 41.3 Å². The average molecular weight is 580 g/mol. The van der Waals surface area contributed by atoms with Crippen molar-refractivity contribution in [3.8, 4) is 11.3 Å². The van der Waals surface area contributed by atoms with E-state index in [0.717, 1.165) is 11.3 Å². The number of nitrogens with zero attached hydrogens (tertiary/aromatic N) is 1. The summed E-state index contributed by atoms with van der Waals surface area (Å²) in [6.45, 7) is 7.62. The van der Waals surface area contributed by atoms with Crippen LogP contribution in [-0.4, -0.2) is 35.2 Å². The van der Waals surface area contributed by atoms with Crippen molar-refractivity contribution in [1.82, 2.24) is 4.98 Å². The first-order valence-corrected chi connectivity index (χ1v) is 13.5. The zero-order chi connectivity index (χ0) is 28.1. The molecule has 1 heterocycles. The number of benzene rings is 2. The Labute approximate surface area is 235 Å². The summed E-state index contributed by atoms with van der Waals surface area (Å²) in [7, 11) is 1.67. The molecule has 0 aliphatic carbocycles. The number of anilines is 1. The van der Waals surface area contributed by atoms with Gasteiger partial charge < -0.3 is 9.84 Å². The highest BCUT2D eigenvalue weighted by atomic mass is 35.5. The maximum absolute atomic E-state index is 15.5. The number of carbonyl (C=O) groups is 2. The van der Waals surface area contributed by atoms with Crippen molar-refractivity contribution in [2.45, 2.75) is 40.2 Å². The minimum Gasteiger partial charge on any atom is -0.478 e. The lowest BCUT2D eigenvalue weighted by Crippen LogP contribution is -2.28. The quantitative estimate of drug-likeness (QED) is 0.239. The van der Waals surface area contributed by atoms with Crippen LogP contribution in [0.5, 0.6) is 0 Å². The molecular formula is C28H29Cl2FN2O4S. The molecule has 1 aromatic heterocycles. The standard InChI is InChI=1S/C28H29Cl2FN2O4S/c1-14(2)25(37-5)15(3)9-17-7-6-8-19(24(17)31)23-13-38-28(32-23)33-26(34)18-11-21(29)20(22(30)12-18)10-16(4)27(35)36/h6-8,10-15,25H,9H2,1-5H3,(H,35,36)(H,32,33,34). The van der Waals surface area contributed by atoms with Gasteiger partial charge in [-0.25, -0.2) is 14.2 Å². The first kappa shape index (κ1) is 29.8. The van der Waals surface area contributed by atoms with Crippen molar-refractivity contribution < 1.29 is 23.8 Å². The Morgan fingerprint density at radius 1 is 1.21 bits per heavy atom. The fourth-order valence-corrected chi connectivity index (χ4v) is 5.62. The molecule has 0 spiro atoms. The number of hydrogen-bond donors (Lipinski definition) is 2. The fraction of sp³-hybridized carbons (Fsp3) is 0.321. The minimum atomic E-state index is -1.11. The number of aromatic nitrogens is 1. The van der Waals surface area contributed by atoms with E-state index in [1.807, 2.05) is 6.92 Å². The lowest BCUT2D eigenvalue weighted by atomic mass is 9.88. The molecule has 2 N–H and O–H groups in total. The topological polar surface area (TPSA) is 88.5 Å². The molecule has 0 saturated heterocycles. The Kier molecular flexibility index (Phi) is 10.1. The largest absolute Gasteiger partial charge is 0.478 e. The summed E-state index contributed by atoms with van der Waals surface area (Å²) in [4.78, 5) is 28.4. The Balaban J connectivity index is 1.79. The molecule has 2 atom stereocenters. The van der Waals surface area contributed by atoms with Crippen molar-refractivity contribution in [2.24, 2.45) is 11.8 Å². The first-order chi connectivity index (χ1) is 17.9. The van der Waals surface area contributed by atoms with Crippen molar-refractivity contribution in [3.05, 3.63) is 73.8 Å². The molecule has 2 aromatic carbocycles. The van der Waals surface area contributed by atoms with E-state index in [1.54, 1.807) is 30.7 Å². The third-order valence-electron chi connectivity index (χ3n) is 6.15. The molecule has 10 heteroatoms. The Bertz CT molecular complexity index is 1350. The second-order valence-corrected chi connectivity index (χ2v) is 11.1. The maximum atomic E-state index is 15.5. The number of thiazole rings is 1. The summed E-state index contributed by atoms with van der Waals surface area (Å²) in [5.74, 6) is -1.55. The van der Waals surface area contributed by atoms with Crippen LogP contribution in [0, 0.1) is 17.7 Å². The van der Waals surface area contributed by atoms with Crippen LogP contribution in [0.1, 0.15) is 49.2 Å². The van der Waals surface area contributed by atoms with E-state index < -0.39 is 11.9 Å². The van der Waals surface area contributed by atoms with Gasteiger partial charge in [0.25, 0.3) is 5.91 Å². The van der Waals surface area contributed by atoms with Gasteiger partial charge >= 0.3 is 5.97 Å². The number of ether oxygens (including phenoxy) is 1. The number of nitrogens with one attached hydrogen (secondary N) is 1. The van der Waals surface area contributed by atoms with Crippen LogP contribution in [0.2, 0.25) is 10.0 Å². The molecule has 0 bridgehead atoms. The van der Waals surface area contributed by atoms with Gasteiger partial charge in [-0.2, -0.15) is 0 Å². The van der Waals surface area contributed by atoms with E-state index in [4.69, 9.17) is 33.0 Å². The molecule has 6 nitrogen and oxygen atoms in total. The van der Waals surface area contributed by atoms with Gasteiger partial charge in [-0.15, -0.1) is 11.3 Å². The second kappa shape index (κ2) is 12.8. The monoisotopic (exact) mass is 578 g/mol. The Hall–Kier alpha value is -2.78. The van der Waals surface area contributed by atoms with Crippen molar-refractivity contribution in [3.63, 3.8) is 0 Å². The molecule has 0 saturated carbocycles. The smallest absolute Gasteiger partial charge is 0.331 e. The van der Waals surface area contributed by atoms with E-state index in [0.29, 0.717) is 34.7 Å². The van der Waals surface area contributed by atoms with Crippen LogP contribution in [-0.2, 0) is 16.0 Å². The molecule has 38 heavy (non-hydrogen) atoms. The lowest BCUT2D eigenvalue weighted by molar-refractivity contribution is -0.132. The predicted octanol–water partition coefficient (Wildman–Crippen LogP) is 7.85. The number of hydrogen-bond acceptors (Lipinski definition) is 5. The van der Waals surface area contributed by atoms with Crippen molar-refractivity contribution in [1.29, 1.82) is 0 Å². The number of aliphatic carboxylic acids is 1. The molecule has 0 aliphatic rings. The van der Waals surface area contributed by atoms with Crippen molar-refractivity contribution in [2.75, 3.05) is 12.4 Å². The predicted molar refractivity (Wildman–Crippen MR) is 152 cm³/mol. The van der Waals surface area contributed by atoms with Gasteiger partial charge in [0.15, 0.2) is 5.13 Å². The van der Waals surface area contributed by atoms with Gasteiger partial charge in [-0.1, -0.05) is 56.1 Å². The highest BCUT2D eigenvalue weighted by Crippen LogP contribution is 2.32. The number of halogens is 3. The summed E-state index contributed by atoms with van der Waals surface area (Å²) >= 11 is 13.7. The van der Waals surface area contributed by atoms with Gasteiger partial charge in [-0.05, 0) is 55.0 Å². The number of carboxylic acids is 1. The highest BCUT2D eigenvalue weighted by Gasteiger charge is 2.23. The summed E-state index contributed by atoms with van der Waals surface area (Å²) in [5.41, 5.74) is 1.85. The SMILES string of the molecule is COC(C(C)C)C(C)Cc1cccc(-c2csc(NC(=O)c3cc(Cl)c(C=C(C)C(=O)O)c(Cl)c3)n2)c1F. The van der Waals surface area contributed by atoms with Crippen LogP contribution in [0.3, 0.4) is 0 Å². The summed E-state index contributed by atoms with van der Waals surface area (Å²) < 4.78 is 21.1. The summed E-state index contributed by atoms with van der Waals surface area (Å²) in [6, 6.07) is 8.01. The van der Waals surface area contributed by atoms with Crippen LogP contribution < -0.4 is 5.32 Å². The lowest BCUT2D eigenvalue weighted by Gasteiger charge is -2.26. The summed E-state index contributed by atoms with van der Waals surface area (Å²) in [5, 5.41) is 14.0.